The standard InChI is InChI=1S/C19H23FN2O4S2/c1-26-11-10-21(28(2,24)25)13-18(23)22-9-7-17-16(8-12-27-17)19(22)14-3-5-15(20)6-4-14/h3-6,8,12,19H,7,9-11,13H2,1-2H3. The van der Waals surface area contributed by atoms with Gasteiger partial charge in [-0.15, -0.1) is 11.3 Å². The zero-order valence-electron chi connectivity index (χ0n) is 15.8. The van der Waals surface area contributed by atoms with Crippen LogP contribution in [0.1, 0.15) is 22.0 Å². The minimum atomic E-state index is -3.55. The van der Waals surface area contributed by atoms with Gasteiger partial charge in [-0.1, -0.05) is 12.1 Å². The quantitative estimate of drug-likeness (QED) is 0.681. The lowest BCUT2D eigenvalue weighted by atomic mass is 9.93. The minimum absolute atomic E-state index is 0.111. The van der Waals surface area contributed by atoms with E-state index in [-0.39, 0.29) is 37.5 Å². The average Bonchev–Trinajstić information content (AvgIpc) is 3.12. The molecule has 1 unspecified atom stereocenters. The second kappa shape index (κ2) is 8.69. The predicted molar refractivity (Wildman–Crippen MR) is 106 cm³/mol. The summed E-state index contributed by atoms with van der Waals surface area (Å²) in [5, 5.41) is 1.98. The van der Waals surface area contributed by atoms with Crippen molar-refractivity contribution in [1.82, 2.24) is 9.21 Å². The van der Waals surface area contributed by atoms with E-state index in [9.17, 15) is 17.6 Å². The van der Waals surface area contributed by atoms with Gasteiger partial charge >= 0.3 is 0 Å². The van der Waals surface area contributed by atoms with E-state index in [2.05, 4.69) is 0 Å². The first kappa shape index (κ1) is 20.9. The maximum absolute atomic E-state index is 13.4. The van der Waals surface area contributed by atoms with Crippen molar-refractivity contribution < 1.29 is 22.3 Å². The fraction of sp³-hybridized carbons (Fsp3) is 0.421. The highest BCUT2D eigenvalue weighted by Gasteiger charge is 2.34. The van der Waals surface area contributed by atoms with Crippen LogP contribution in [0.3, 0.4) is 0 Å². The zero-order chi connectivity index (χ0) is 20.3. The third kappa shape index (κ3) is 4.60. The molecule has 0 bridgehead atoms. The molecule has 1 aromatic carbocycles. The van der Waals surface area contributed by atoms with Crippen LogP contribution < -0.4 is 0 Å². The number of methoxy groups -OCH3 is 1. The predicted octanol–water partition coefficient (Wildman–Crippen LogP) is 2.27. The Morgan fingerprint density at radius 2 is 2.04 bits per heavy atom. The molecule has 0 spiro atoms. The molecule has 2 heterocycles. The van der Waals surface area contributed by atoms with Crippen molar-refractivity contribution in [2.45, 2.75) is 12.5 Å². The number of benzene rings is 1. The first-order valence-corrected chi connectivity index (χ1v) is 11.6. The van der Waals surface area contributed by atoms with Gasteiger partial charge in [0, 0.05) is 25.1 Å². The first-order valence-electron chi connectivity index (χ1n) is 8.86. The molecule has 9 heteroatoms. The van der Waals surface area contributed by atoms with E-state index < -0.39 is 10.0 Å². The van der Waals surface area contributed by atoms with Crippen molar-refractivity contribution in [3.8, 4) is 0 Å². The first-order chi connectivity index (χ1) is 13.3. The Hall–Kier alpha value is -1.81. The smallest absolute Gasteiger partial charge is 0.238 e. The van der Waals surface area contributed by atoms with Crippen molar-refractivity contribution >= 4 is 27.3 Å². The number of carbonyl (C=O) groups excluding carboxylic acids is 1. The molecular weight excluding hydrogens is 403 g/mol. The number of carbonyl (C=O) groups is 1. The van der Waals surface area contributed by atoms with Crippen LogP contribution in [-0.2, 0) is 26.0 Å². The molecule has 1 aliphatic heterocycles. The van der Waals surface area contributed by atoms with Gasteiger partial charge in [0.1, 0.15) is 5.82 Å². The van der Waals surface area contributed by atoms with Gasteiger partial charge in [0.25, 0.3) is 0 Å². The van der Waals surface area contributed by atoms with E-state index in [1.807, 2.05) is 11.4 Å². The van der Waals surface area contributed by atoms with Gasteiger partial charge < -0.3 is 9.64 Å². The number of halogens is 1. The number of fused-ring (bicyclic) bond motifs is 1. The van der Waals surface area contributed by atoms with Gasteiger partial charge in [-0.3, -0.25) is 4.79 Å². The van der Waals surface area contributed by atoms with Gasteiger partial charge in [0.2, 0.25) is 15.9 Å². The molecule has 1 amide bonds. The molecule has 0 radical (unpaired) electrons. The number of amides is 1. The number of rotatable bonds is 7. The summed E-state index contributed by atoms with van der Waals surface area (Å²) in [7, 11) is -2.07. The highest BCUT2D eigenvalue weighted by molar-refractivity contribution is 7.88. The normalized spacial score (nSPS) is 17.0. The molecule has 0 N–H and O–H groups in total. The second-order valence-electron chi connectivity index (χ2n) is 6.68. The Balaban J connectivity index is 1.90. The number of ether oxygens (including phenoxy) is 1. The van der Waals surface area contributed by atoms with E-state index in [0.717, 1.165) is 21.7 Å². The molecule has 0 saturated carbocycles. The summed E-state index contributed by atoms with van der Waals surface area (Å²) in [5.74, 6) is -0.626. The number of sulfonamides is 1. The Bertz CT molecular complexity index is 928. The molecule has 0 aliphatic carbocycles. The fourth-order valence-corrected chi connectivity index (χ4v) is 5.04. The molecule has 3 rings (SSSR count). The van der Waals surface area contributed by atoms with Crippen molar-refractivity contribution in [1.29, 1.82) is 0 Å². The van der Waals surface area contributed by atoms with Gasteiger partial charge in [0.15, 0.2) is 0 Å². The van der Waals surface area contributed by atoms with Crippen molar-refractivity contribution in [2.24, 2.45) is 0 Å². The summed E-state index contributed by atoms with van der Waals surface area (Å²) in [6, 6.07) is 7.72. The highest BCUT2D eigenvalue weighted by atomic mass is 32.2. The minimum Gasteiger partial charge on any atom is -0.383 e. The molecule has 0 fully saturated rings. The van der Waals surface area contributed by atoms with Crippen LogP contribution in [0.5, 0.6) is 0 Å². The van der Waals surface area contributed by atoms with Gasteiger partial charge in [-0.25, -0.2) is 12.8 Å². The SMILES string of the molecule is COCCN(CC(=O)N1CCc2sccc2C1c1ccc(F)cc1)S(C)(=O)=O. The van der Waals surface area contributed by atoms with E-state index in [0.29, 0.717) is 13.0 Å². The maximum atomic E-state index is 13.4. The molecule has 0 saturated heterocycles. The summed E-state index contributed by atoms with van der Waals surface area (Å²) >= 11 is 1.64. The summed E-state index contributed by atoms with van der Waals surface area (Å²) in [4.78, 5) is 16.0. The van der Waals surface area contributed by atoms with E-state index in [1.54, 1.807) is 28.4 Å². The zero-order valence-corrected chi connectivity index (χ0v) is 17.4. The molecule has 1 aliphatic rings. The van der Waals surface area contributed by atoms with Crippen LogP contribution in [-0.4, -0.2) is 63.1 Å². The van der Waals surface area contributed by atoms with E-state index >= 15 is 0 Å². The summed E-state index contributed by atoms with van der Waals surface area (Å²) in [6.45, 7) is 0.547. The number of nitrogens with zero attached hydrogens (tertiary/aromatic N) is 2. The topological polar surface area (TPSA) is 66.9 Å². The van der Waals surface area contributed by atoms with E-state index in [1.165, 1.54) is 24.1 Å². The molecule has 1 atom stereocenters. The number of hydrogen-bond acceptors (Lipinski definition) is 5. The van der Waals surface area contributed by atoms with Crippen LogP contribution in [0, 0.1) is 5.82 Å². The Morgan fingerprint density at radius 3 is 2.68 bits per heavy atom. The van der Waals surface area contributed by atoms with Crippen LogP contribution in [0.4, 0.5) is 4.39 Å². The molecule has 1 aromatic heterocycles. The lowest BCUT2D eigenvalue weighted by Crippen LogP contribution is -2.47. The number of thiophene rings is 1. The molecule has 6 nitrogen and oxygen atoms in total. The monoisotopic (exact) mass is 426 g/mol. The third-order valence-electron chi connectivity index (χ3n) is 4.80. The summed E-state index contributed by atoms with van der Waals surface area (Å²) in [5.41, 5.74) is 1.82. The maximum Gasteiger partial charge on any atom is 0.238 e. The van der Waals surface area contributed by atoms with Gasteiger partial charge in [-0.2, -0.15) is 4.31 Å². The highest BCUT2D eigenvalue weighted by Crippen LogP contribution is 2.37. The molecule has 152 valence electrons. The van der Waals surface area contributed by atoms with Crippen molar-refractivity contribution in [2.75, 3.05) is 39.6 Å². The second-order valence-corrected chi connectivity index (χ2v) is 9.66. The van der Waals surface area contributed by atoms with Crippen molar-refractivity contribution in [3.05, 3.63) is 57.5 Å². The average molecular weight is 427 g/mol. The van der Waals surface area contributed by atoms with Crippen LogP contribution in [0.15, 0.2) is 35.7 Å². The Kier molecular flexibility index (Phi) is 6.49. The molecule has 28 heavy (non-hydrogen) atoms. The number of hydrogen-bond donors (Lipinski definition) is 0. The lowest BCUT2D eigenvalue weighted by molar-refractivity contribution is -0.133. The lowest BCUT2D eigenvalue weighted by Gasteiger charge is -2.37. The van der Waals surface area contributed by atoms with Crippen LogP contribution in [0.2, 0.25) is 0 Å². The third-order valence-corrected chi connectivity index (χ3v) is 7.04. The van der Waals surface area contributed by atoms with E-state index in [4.69, 9.17) is 4.74 Å². The molecular formula is C19H23FN2O4S2. The Labute approximate surface area is 168 Å². The Morgan fingerprint density at radius 1 is 1.32 bits per heavy atom. The van der Waals surface area contributed by atoms with Gasteiger partial charge in [0.05, 0.1) is 25.4 Å². The fourth-order valence-electron chi connectivity index (χ4n) is 3.39. The van der Waals surface area contributed by atoms with Gasteiger partial charge in [-0.05, 0) is 41.1 Å². The summed E-state index contributed by atoms with van der Waals surface area (Å²) < 4.78 is 43.6. The summed E-state index contributed by atoms with van der Waals surface area (Å²) in [6.07, 6.45) is 1.80. The largest absolute Gasteiger partial charge is 0.383 e. The van der Waals surface area contributed by atoms with Crippen LogP contribution >= 0.6 is 11.3 Å². The van der Waals surface area contributed by atoms with Crippen LogP contribution in [0.25, 0.3) is 0 Å². The van der Waals surface area contributed by atoms with Crippen molar-refractivity contribution in [3.63, 3.8) is 0 Å². The molecule has 2 aromatic rings.